The lowest BCUT2D eigenvalue weighted by Crippen LogP contribution is -2.43. The number of aliphatic hydroxyl groups excluding tert-OH is 3. The number of hydrogen-bond donors (Lipinski definition) is 4. The Morgan fingerprint density at radius 3 is 3.00 bits per heavy atom. The Morgan fingerprint density at radius 2 is 2.28 bits per heavy atom. The number of H-pyrrole nitrogens is 1. The Bertz CT molecular complexity index is 1340. The lowest BCUT2D eigenvalue weighted by atomic mass is 10.1. The quantitative estimate of drug-likeness (QED) is 0.355. The monoisotopic (exact) mass is 493 g/mol. The predicted molar refractivity (Wildman–Crippen MR) is 108 cm³/mol. The number of fused-ring (bicyclic) bond motifs is 1. The van der Waals surface area contributed by atoms with Crippen LogP contribution in [-0.2, 0) is 31.6 Å². The second kappa shape index (κ2) is 8.43. The molecule has 4 N–H and O–H groups in total. The topological polar surface area (TPSA) is 152 Å². The number of hydrogen-bond acceptors (Lipinski definition) is 10. The van der Waals surface area contributed by atoms with Gasteiger partial charge in [0.05, 0.1) is 22.9 Å². The summed E-state index contributed by atoms with van der Waals surface area (Å²) < 4.78 is 73.4. The molecule has 1 aromatic carbocycles. The van der Waals surface area contributed by atoms with E-state index in [2.05, 4.69) is 4.98 Å². The Labute approximate surface area is 189 Å². The van der Waals surface area contributed by atoms with Crippen molar-refractivity contribution in [1.82, 2.24) is 9.55 Å². The second-order valence-electron chi connectivity index (χ2n) is 6.99. The van der Waals surface area contributed by atoms with E-state index in [-0.39, 0.29) is 17.9 Å². The largest absolute Gasteiger partial charge is 0.530 e. The molecule has 3 heterocycles. The third-order valence-electron chi connectivity index (χ3n) is 4.78. The summed E-state index contributed by atoms with van der Waals surface area (Å²) in [6.45, 7) is -3.36. The number of aryl methyl sites for hydroxylation is 1. The first-order chi connectivity index (χ1) is 16.2. The van der Waals surface area contributed by atoms with Crippen molar-refractivity contribution in [3.8, 4) is 5.75 Å². The Hall–Kier alpha value is -1.96. The molecule has 32 heavy (non-hydrogen) atoms. The zero-order valence-electron chi connectivity index (χ0n) is 19.4. The van der Waals surface area contributed by atoms with Crippen molar-refractivity contribution in [1.29, 1.82) is 0 Å². The highest BCUT2D eigenvalue weighted by molar-refractivity contribution is 7.71. The number of aliphatic hydroxyl groups is 3. The minimum Gasteiger partial charge on any atom is -0.403 e. The van der Waals surface area contributed by atoms with Crippen LogP contribution >= 0.6 is 20.0 Å². The van der Waals surface area contributed by atoms with Crippen molar-refractivity contribution >= 4 is 20.0 Å². The first-order valence-electron chi connectivity index (χ1n) is 10.6. The van der Waals surface area contributed by atoms with Crippen molar-refractivity contribution in [2.45, 2.75) is 44.4 Å². The molecule has 0 amide bonds. The van der Waals surface area contributed by atoms with Gasteiger partial charge in [0.25, 0.3) is 11.4 Å². The SMILES string of the molecule is [2H]C([2H])(OP1(=O)OCc2cccc(C)c2O1)[C@@]1(F)O[C@@]([2H])(n2cc(CO)c(=O)[nH]c2=S)[C@H](O)[C@@H]1O. The van der Waals surface area contributed by atoms with Gasteiger partial charge >= 0.3 is 7.82 Å². The van der Waals surface area contributed by atoms with Gasteiger partial charge in [-0.25, -0.2) is 8.96 Å². The average Bonchev–Trinajstić information content (AvgIpc) is 2.95. The molecular formula is C18H20FN2O9PS. The number of alkyl halides is 1. The molecule has 4 rings (SSSR count). The molecule has 0 aliphatic carbocycles. The van der Waals surface area contributed by atoms with Crippen molar-refractivity contribution in [2.24, 2.45) is 0 Å². The summed E-state index contributed by atoms with van der Waals surface area (Å²) in [5, 5.41) is 30.2. The number of rotatable bonds is 5. The van der Waals surface area contributed by atoms with Crippen molar-refractivity contribution in [3.05, 3.63) is 56.2 Å². The maximum absolute atomic E-state index is 16.0. The molecule has 0 spiro atoms. The molecule has 1 unspecified atom stereocenters. The van der Waals surface area contributed by atoms with Crippen LogP contribution in [0.2, 0.25) is 0 Å². The molecule has 11 nitrogen and oxygen atoms in total. The number of nitrogens with one attached hydrogen (secondary N) is 1. The van der Waals surface area contributed by atoms with Crippen molar-refractivity contribution in [2.75, 3.05) is 6.56 Å². The average molecular weight is 493 g/mol. The smallest absolute Gasteiger partial charge is 0.403 e. The molecule has 1 aromatic heterocycles. The Balaban J connectivity index is 1.69. The molecule has 0 bridgehead atoms. The summed E-state index contributed by atoms with van der Waals surface area (Å²) in [6, 6.07) is 4.89. The normalized spacial score (nSPS) is 36.0. The van der Waals surface area contributed by atoms with Gasteiger partial charge in [-0.15, -0.1) is 0 Å². The fraction of sp³-hybridized carbons (Fsp3) is 0.444. The minimum absolute atomic E-state index is 0.0737. The van der Waals surface area contributed by atoms with Gasteiger partial charge in [0.15, 0.2) is 11.0 Å². The number of nitrogens with zero attached hydrogens (tertiary/aromatic N) is 1. The van der Waals surface area contributed by atoms with Gasteiger partial charge < -0.3 is 24.6 Å². The summed E-state index contributed by atoms with van der Waals surface area (Å²) in [7, 11) is -4.83. The molecule has 14 heteroatoms. The Morgan fingerprint density at radius 1 is 1.53 bits per heavy atom. The molecule has 2 aliphatic rings. The summed E-state index contributed by atoms with van der Waals surface area (Å²) >= 11 is 4.91. The third-order valence-corrected chi connectivity index (χ3v) is 6.25. The molecule has 1 saturated heterocycles. The van der Waals surface area contributed by atoms with Crippen LogP contribution in [0.3, 0.4) is 0 Å². The maximum atomic E-state index is 16.0. The number of phosphoric acid groups is 1. The maximum Gasteiger partial charge on any atom is 0.530 e. The lowest BCUT2D eigenvalue weighted by Gasteiger charge is -2.29. The number of para-hydroxylation sites is 1. The number of ether oxygens (including phenoxy) is 1. The van der Waals surface area contributed by atoms with Crippen LogP contribution in [0.5, 0.6) is 5.75 Å². The predicted octanol–water partition coefficient (Wildman–Crippen LogP) is 1.36. The van der Waals surface area contributed by atoms with E-state index >= 15 is 4.39 Å². The zero-order valence-corrected chi connectivity index (χ0v) is 18.1. The van der Waals surface area contributed by atoms with Gasteiger partial charge in [-0.2, -0.15) is 0 Å². The van der Waals surface area contributed by atoms with Crippen LogP contribution in [0.1, 0.15) is 27.0 Å². The summed E-state index contributed by atoms with van der Waals surface area (Å²) in [5.41, 5.74) is -0.208. The molecule has 0 saturated carbocycles. The van der Waals surface area contributed by atoms with Crippen LogP contribution in [0, 0.1) is 11.7 Å². The number of halogens is 1. The molecule has 2 aromatic rings. The number of phosphoric ester groups is 1. The van der Waals surface area contributed by atoms with E-state index in [9.17, 15) is 24.7 Å². The van der Waals surface area contributed by atoms with Crippen molar-refractivity contribution < 1.29 is 46.7 Å². The molecule has 174 valence electrons. The van der Waals surface area contributed by atoms with Gasteiger partial charge in [-0.3, -0.25) is 23.4 Å². The van der Waals surface area contributed by atoms with Gasteiger partial charge in [0, 0.05) is 11.8 Å². The third kappa shape index (κ3) is 4.06. The van der Waals surface area contributed by atoms with E-state index < -0.39 is 55.6 Å². The standard InChI is InChI=1S/C18H20FN2O9PS/c1-9-3-2-4-10-7-27-31(26,30-13(9)10)28-8-18(19)14(24)12(23)16(29-18)21-5-11(6-22)15(25)20-17(21)32/h2-5,12,14,16,22-24H,6-8H2,1H3,(H,20,25,32)/t12-,14+,16-,18-,31?/m1/s1/i8D2,16D. The summed E-state index contributed by atoms with van der Waals surface area (Å²) in [4.78, 5) is 13.9. The molecular weight excluding hydrogens is 470 g/mol. The highest BCUT2D eigenvalue weighted by atomic mass is 32.1. The number of aromatic nitrogens is 2. The van der Waals surface area contributed by atoms with E-state index in [0.717, 1.165) is 6.20 Å². The van der Waals surface area contributed by atoms with Gasteiger partial charge in [-0.1, -0.05) is 18.2 Å². The van der Waals surface area contributed by atoms with Gasteiger partial charge in [-0.05, 0) is 24.7 Å². The van der Waals surface area contributed by atoms with Crippen molar-refractivity contribution in [3.63, 3.8) is 0 Å². The first-order valence-corrected chi connectivity index (χ1v) is 11.0. The fourth-order valence-electron chi connectivity index (χ4n) is 3.08. The lowest BCUT2D eigenvalue weighted by molar-refractivity contribution is -0.205. The van der Waals surface area contributed by atoms with Gasteiger partial charge in [0.2, 0.25) is 0 Å². The molecule has 0 radical (unpaired) electrons. The van der Waals surface area contributed by atoms with E-state index in [1.54, 1.807) is 25.1 Å². The van der Waals surface area contributed by atoms with Crippen LogP contribution in [0.25, 0.3) is 0 Å². The molecule has 1 fully saturated rings. The Kier molecular flexibility index (Phi) is 5.14. The van der Waals surface area contributed by atoms with E-state index in [1.807, 2.05) is 0 Å². The van der Waals surface area contributed by atoms with E-state index in [4.69, 9.17) is 34.6 Å². The first kappa shape index (κ1) is 19.5. The summed E-state index contributed by atoms with van der Waals surface area (Å²) in [6.07, 6.45) is -7.57. The highest BCUT2D eigenvalue weighted by Crippen LogP contribution is 2.56. The molecule has 5 atom stereocenters. The van der Waals surface area contributed by atoms with Crippen LogP contribution in [-0.4, -0.2) is 49.5 Å². The fourth-order valence-corrected chi connectivity index (χ4v) is 4.47. The van der Waals surface area contributed by atoms with Crippen LogP contribution < -0.4 is 10.1 Å². The minimum atomic E-state index is -4.83. The van der Waals surface area contributed by atoms with Gasteiger partial charge in [0.1, 0.15) is 24.5 Å². The zero-order chi connectivity index (χ0) is 26.0. The van der Waals surface area contributed by atoms with Crippen LogP contribution in [0.4, 0.5) is 4.39 Å². The number of benzene rings is 1. The highest BCUT2D eigenvalue weighted by Gasteiger charge is 2.57. The van der Waals surface area contributed by atoms with E-state index in [0.29, 0.717) is 15.7 Å². The molecule has 2 aliphatic heterocycles. The number of aromatic amines is 1. The van der Waals surface area contributed by atoms with E-state index in [1.165, 1.54) is 0 Å². The summed E-state index contributed by atoms with van der Waals surface area (Å²) in [5.74, 6) is -3.95. The second-order valence-corrected chi connectivity index (χ2v) is 8.89. The van der Waals surface area contributed by atoms with Crippen LogP contribution in [0.15, 0.2) is 29.2 Å².